The minimum atomic E-state index is -1.95. The molecule has 35 heavy (non-hydrogen) atoms. The number of hydrogen-bond acceptors (Lipinski definition) is 9. The number of ether oxygens (including phenoxy) is 3. The Kier molecular flexibility index (Phi) is 4.69. The van der Waals surface area contributed by atoms with Crippen molar-refractivity contribution in [3.05, 3.63) is 55.5 Å². The summed E-state index contributed by atoms with van der Waals surface area (Å²) in [4.78, 5) is 37.6. The third-order valence-corrected chi connectivity index (χ3v) is 7.28. The number of pyridine rings is 1. The molecule has 2 atom stereocenters. The van der Waals surface area contributed by atoms with Crippen molar-refractivity contribution in [1.82, 2.24) is 9.88 Å². The molecule has 182 valence electrons. The van der Waals surface area contributed by atoms with Crippen LogP contribution in [0.5, 0.6) is 11.5 Å². The maximum Gasteiger partial charge on any atom is 0.342 e. The number of nitrogens with zero attached hydrogens (tertiary/aromatic N) is 1. The molecule has 0 fully saturated rings. The Labute approximate surface area is 203 Å². The summed E-state index contributed by atoms with van der Waals surface area (Å²) in [5, 5.41) is 17.3. The van der Waals surface area contributed by atoms with E-state index >= 15 is 0 Å². The fourth-order valence-corrected chi connectivity index (χ4v) is 5.50. The highest BCUT2D eigenvalue weighted by Gasteiger charge is 2.45. The van der Waals surface area contributed by atoms with Gasteiger partial charge in [0.05, 0.1) is 23.2 Å². The summed E-state index contributed by atoms with van der Waals surface area (Å²) in [6.45, 7) is 1.29. The number of aliphatic hydroxyl groups is 1. The Hall–Kier alpha value is -3.54. The first-order chi connectivity index (χ1) is 16.7. The van der Waals surface area contributed by atoms with E-state index in [1.54, 1.807) is 16.7 Å². The Bertz CT molecular complexity index is 1430. The normalized spacial score (nSPS) is 23.1. The minimum Gasteiger partial charge on any atom is -0.458 e. The van der Waals surface area contributed by atoms with Gasteiger partial charge in [-0.2, -0.15) is 0 Å². The summed E-state index contributed by atoms with van der Waals surface area (Å²) in [5.41, 5.74) is 6.98. The van der Waals surface area contributed by atoms with Crippen molar-refractivity contribution in [3.8, 4) is 11.5 Å². The van der Waals surface area contributed by atoms with Gasteiger partial charge in [-0.1, -0.05) is 11.6 Å². The Morgan fingerprint density at radius 2 is 2.14 bits per heavy atom. The Balaban J connectivity index is 1.55. The van der Waals surface area contributed by atoms with Crippen LogP contribution in [0.2, 0.25) is 5.02 Å². The predicted octanol–water partition coefficient (Wildman–Crippen LogP) is 0.504. The molecule has 11 nitrogen and oxygen atoms in total. The molecule has 1 aromatic carbocycles. The summed E-state index contributed by atoms with van der Waals surface area (Å²) in [7, 11) is 0. The predicted molar refractivity (Wildman–Crippen MR) is 123 cm³/mol. The number of halogens is 1. The van der Waals surface area contributed by atoms with Crippen LogP contribution in [0.15, 0.2) is 22.5 Å². The smallest absolute Gasteiger partial charge is 0.342 e. The van der Waals surface area contributed by atoms with Crippen molar-refractivity contribution >= 4 is 34.7 Å². The number of cyclic esters (lactones) is 1. The number of aromatic nitrogens is 1. The quantitative estimate of drug-likeness (QED) is 0.441. The fourth-order valence-electron chi connectivity index (χ4n) is 5.13. The molecule has 2 unspecified atom stereocenters. The number of nitrogens with one attached hydrogen (secondary N) is 2. The van der Waals surface area contributed by atoms with Gasteiger partial charge in [0.15, 0.2) is 17.1 Å². The maximum absolute atomic E-state index is 13.4. The highest BCUT2D eigenvalue weighted by Crippen LogP contribution is 2.53. The molecule has 0 aliphatic carbocycles. The van der Waals surface area contributed by atoms with Crippen LogP contribution < -0.4 is 31.4 Å². The van der Waals surface area contributed by atoms with E-state index in [1.807, 2.05) is 0 Å². The molecule has 0 spiro atoms. The first-order valence-electron chi connectivity index (χ1n) is 11.0. The van der Waals surface area contributed by atoms with Gasteiger partial charge in [0, 0.05) is 41.7 Å². The molecule has 0 saturated carbocycles. The number of rotatable bonds is 3. The molecule has 1 amide bonds. The lowest BCUT2D eigenvalue weighted by Gasteiger charge is -2.31. The lowest BCUT2D eigenvalue weighted by molar-refractivity contribution is -0.169. The van der Waals surface area contributed by atoms with Gasteiger partial charge >= 0.3 is 5.97 Å². The van der Waals surface area contributed by atoms with Crippen molar-refractivity contribution in [3.63, 3.8) is 0 Å². The average molecular weight is 501 g/mol. The zero-order chi connectivity index (χ0) is 24.6. The van der Waals surface area contributed by atoms with Gasteiger partial charge in [-0.3, -0.25) is 9.59 Å². The number of carbonyl (C=O) groups is 2. The van der Waals surface area contributed by atoms with E-state index in [2.05, 4.69) is 10.6 Å². The highest BCUT2D eigenvalue weighted by atomic mass is 35.5. The molecule has 6 rings (SSSR count). The van der Waals surface area contributed by atoms with E-state index in [0.717, 1.165) is 5.57 Å². The molecule has 2 aromatic rings. The summed E-state index contributed by atoms with van der Waals surface area (Å²) in [6.07, 6.45) is 0. The van der Waals surface area contributed by atoms with Gasteiger partial charge in [-0.25, -0.2) is 4.79 Å². The zero-order valence-electron chi connectivity index (χ0n) is 18.6. The maximum atomic E-state index is 13.4. The van der Waals surface area contributed by atoms with Gasteiger partial charge < -0.3 is 40.3 Å². The summed E-state index contributed by atoms with van der Waals surface area (Å²) < 4.78 is 17.7. The van der Waals surface area contributed by atoms with E-state index in [1.165, 1.54) is 6.92 Å². The third kappa shape index (κ3) is 3.01. The second kappa shape index (κ2) is 7.48. The summed E-state index contributed by atoms with van der Waals surface area (Å²) in [5.74, 6) is -0.276. The van der Waals surface area contributed by atoms with Gasteiger partial charge in [-0.15, -0.1) is 0 Å². The van der Waals surface area contributed by atoms with Crippen molar-refractivity contribution in [2.45, 2.75) is 31.7 Å². The van der Waals surface area contributed by atoms with E-state index in [9.17, 15) is 19.5 Å². The molecule has 12 heteroatoms. The summed E-state index contributed by atoms with van der Waals surface area (Å²) >= 11 is 6.73. The van der Waals surface area contributed by atoms with E-state index in [4.69, 9.17) is 31.5 Å². The summed E-state index contributed by atoms with van der Waals surface area (Å²) in [6, 6.07) is 2.95. The van der Waals surface area contributed by atoms with E-state index in [0.29, 0.717) is 39.0 Å². The molecule has 5 heterocycles. The highest BCUT2D eigenvalue weighted by molar-refractivity contribution is 6.35. The first kappa shape index (κ1) is 22.0. The van der Waals surface area contributed by atoms with Crippen molar-refractivity contribution < 1.29 is 28.9 Å². The SMILES string of the molecule is CC1(O)C(=O)OCc2c1cc1n(c2=O)CC2=C(CNC(=O)CN)c3c(cc4c(c3Cl)OCO4)NC21. The zero-order valence-corrected chi connectivity index (χ0v) is 19.3. The first-order valence-corrected chi connectivity index (χ1v) is 11.3. The number of fused-ring (bicyclic) bond motifs is 6. The van der Waals surface area contributed by atoms with Crippen molar-refractivity contribution in [2.75, 3.05) is 25.2 Å². The van der Waals surface area contributed by atoms with Gasteiger partial charge in [-0.05, 0) is 24.1 Å². The molecular weight excluding hydrogens is 480 g/mol. The van der Waals surface area contributed by atoms with Crippen LogP contribution in [0.1, 0.15) is 35.3 Å². The monoisotopic (exact) mass is 500 g/mol. The number of anilines is 1. The molecule has 0 saturated heterocycles. The Morgan fingerprint density at radius 3 is 2.91 bits per heavy atom. The number of benzene rings is 1. The number of esters is 1. The second-order valence-electron chi connectivity index (χ2n) is 8.91. The lowest BCUT2D eigenvalue weighted by Crippen LogP contribution is -2.43. The molecule has 5 N–H and O–H groups in total. The van der Waals surface area contributed by atoms with Crippen LogP contribution in [0.4, 0.5) is 5.69 Å². The van der Waals surface area contributed by atoms with Gasteiger partial charge in [0.1, 0.15) is 6.61 Å². The standard InChI is InChI=1S/C23H21ClN4O7/c1-23(32)12-2-14-19-10(6-28(14)21(30)11(12)7-33-22(23)31)9(5-26-16(29)4-25)17-13(27-19)3-15-20(18(17)24)35-8-34-15/h2-3,19,27,32H,4-8,25H2,1H3,(H,26,29). The van der Waals surface area contributed by atoms with Crippen LogP contribution in [-0.4, -0.2) is 41.4 Å². The van der Waals surface area contributed by atoms with Gasteiger partial charge in [0.25, 0.3) is 5.56 Å². The van der Waals surface area contributed by atoms with Crippen LogP contribution in [0, 0.1) is 0 Å². The number of amides is 1. The molecule has 0 bridgehead atoms. The lowest BCUT2D eigenvalue weighted by atomic mass is 9.87. The molecular formula is C23H21ClN4O7. The minimum absolute atomic E-state index is 0.0345. The largest absolute Gasteiger partial charge is 0.458 e. The average Bonchev–Trinajstić information content (AvgIpc) is 3.45. The second-order valence-corrected chi connectivity index (χ2v) is 9.29. The van der Waals surface area contributed by atoms with E-state index < -0.39 is 17.6 Å². The topological polar surface area (TPSA) is 154 Å². The van der Waals surface area contributed by atoms with Crippen LogP contribution in [-0.2, 0) is 33.1 Å². The van der Waals surface area contributed by atoms with Crippen LogP contribution in [0.25, 0.3) is 5.57 Å². The third-order valence-electron chi connectivity index (χ3n) is 6.92. The van der Waals surface area contributed by atoms with Crippen LogP contribution >= 0.6 is 11.6 Å². The Morgan fingerprint density at radius 1 is 1.34 bits per heavy atom. The van der Waals surface area contributed by atoms with Crippen molar-refractivity contribution in [1.29, 1.82) is 0 Å². The van der Waals surface area contributed by atoms with Crippen LogP contribution in [0.3, 0.4) is 0 Å². The van der Waals surface area contributed by atoms with Gasteiger partial charge in [0.2, 0.25) is 12.7 Å². The molecule has 4 aliphatic heterocycles. The number of carbonyl (C=O) groups excluding carboxylic acids is 2. The fraction of sp³-hybridized carbons (Fsp3) is 0.348. The van der Waals surface area contributed by atoms with Crippen molar-refractivity contribution in [2.24, 2.45) is 5.73 Å². The number of nitrogens with two attached hydrogens (primary N) is 1. The molecule has 0 radical (unpaired) electrons. The molecule has 1 aromatic heterocycles. The molecule has 4 aliphatic rings. The van der Waals surface area contributed by atoms with E-state index in [-0.39, 0.29) is 55.6 Å². The number of hydrogen-bond donors (Lipinski definition) is 4.